The molecule has 0 bridgehead atoms. The number of benzene rings is 1. The molecule has 2 fully saturated rings. The van der Waals surface area contributed by atoms with E-state index in [-0.39, 0.29) is 17.5 Å². The number of aliphatic hydroxyl groups is 1. The number of anilines is 1. The normalized spacial score (nSPS) is 29.0. The van der Waals surface area contributed by atoms with Gasteiger partial charge in [0.1, 0.15) is 0 Å². The smallest absolute Gasteiger partial charge is 0.154 e. The average Bonchev–Trinajstić information content (AvgIpc) is 2.75. The summed E-state index contributed by atoms with van der Waals surface area (Å²) in [5.41, 5.74) is 3.86. The van der Waals surface area contributed by atoms with Gasteiger partial charge in [-0.15, -0.1) is 0 Å². The van der Waals surface area contributed by atoms with Crippen LogP contribution in [0.2, 0.25) is 0 Å². The lowest BCUT2D eigenvalue weighted by Crippen LogP contribution is -2.53. The van der Waals surface area contributed by atoms with E-state index in [0.717, 1.165) is 26.2 Å². The molecular weight excluding hydrogens is 300 g/mol. The lowest BCUT2D eigenvalue weighted by Gasteiger charge is -2.40. The summed E-state index contributed by atoms with van der Waals surface area (Å²) in [5.74, 6) is 0.00646. The Morgan fingerprint density at radius 2 is 1.77 bits per heavy atom. The molecule has 22 heavy (non-hydrogen) atoms. The quantitative estimate of drug-likeness (QED) is 0.862. The highest BCUT2D eigenvalue weighted by molar-refractivity contribution is 7.91. The molecule has 0 aromatic heterocycles. The number of sulfone groups is 1. The lowest BCUT2D eigenvalue weighted by atomic mass is 10.1. The first-order chi connectivity index (χ1) is 10.4. The molecule has 5 nitrogen and oxygen atoms in total. The largest absolute Gasteiger partial charge is 0.390 e. The van der Waals surface area contributed by atoms with Crippen molar-refractivity contribution in [3.8, 4) is 0 Å². The fourth-order valence-electron chi connectivity index (χ4n) is 3.53. The fourth-order valence-corrected chi connectivity index (χ4v) is 5.36. The maximum Gasteiger partial charge on any atom is 0.154 e. The van der Waals surface area contributed by atoms with Crippen LogP contribution in [-0.2, 0) is 9.84 Å². The molecule has 3 rings (SSSR count). The minimum atomic E-state index is -3.08. The van der Waals surface area contributed by atoms with Crippen molar-refractivity contribution >= 4 is 15.5 Å². The van der Waals surface area contributed by atoms with Crippen molar-refractivity contribution in [3.63, 3.8) is 0 Å². The zero-order chi connectivity index (χ0) is 15.9. The van der Waals surface area contributed by atoms with E-state index in [4.69, 9.17) is 0 Å². The maximum atomic E-state index is 11.7. The molecule has 2 aliphatic heterocycles. The fraction of sp³-hybridized carbons (Fsp3) is 0.625. The number of aliphatic hydroxyl groups excluding tert-OH is 1. The molecule has 0 unspecified atom stereocenters. The summed E-state index contributed by atoms with van der Waals surface area (Å²) in [6.07, 6.45) is -0.739. The van der Waals surface area contributed by atoms with Crippen molar-refractivity contribution < 1.29 is 13.5 Å². The molecule has 0 aliphatic carbocycles. The maximum absolute atomic E-state index is 11.7. The zero-order valence-electron chi connectivity index (χ0n) is 13.2. The Morgan fingerprint density at radius 3 is 2.36 bits per heavy atom. The molecule has 2 heterocycles. The third-order valence-electron chi connectivity index (χ3n) is 4.99. The lowest BCUT2D eigenvalue weighted by molar-refractivity contribution is 0.0793. The summed E-state index contributed by atoms with van der Waals surface area (Å²) in [6, 6.07) is 6.12. The Hall–Kier alpha value is -1.11. The first-order valence-corrected chi connectivity index (χ1v) is 9.63. The van der Waals surface area contributed by atoms with Gasteiger partial charge in [-0.3, -0.25) is 4.90 Å². The highest BCUT2D eigenvalue weighted by Gasteiger charge is 2.40. The van der Waals surface area contributed by atoms with Crippen molar-refractivity contribution in [2.24, 2.45) is 0 Å². The third-order valence-corrected chi connectivity index (χ3v) is 6.69. The van der Waals surface area contributed by atoms with Gasteiger partial charge in [0, 0.05) is 31.9 Å². The summed E-state index contributed by atoms with van der Waals surface area (Å²) >= 11 is 0. The topological polar surface area (TPSA) is 60.9 Å². The van der Waals surface area contributed by atoms with Crippen LogP contribution >= 0.6 is 0 Å². The Labute approximate surface area is 132 Å². The van der Waals surface area contributed by atoms with Crippen LogP contribution in [0.25, 0.3) is 0 Å². The third kappa shape index (κ3) is 3.00. The van der Waals surface area contributed by atoms with E-state index in [1.165, 1.54) is 16.8 Å². The van der Waals surface area contributed by atoms with Gasteiger partial charge >= 0.3 is 0 Å². The second-order valence-corrected chi connectivity index (χ2v) is 8.61. The molecule has 2 saturated heterocycles. The minimum Gasteiger partial charge on any atom is -0.390 e. The molecule has 1 aromatic rings. The van der Waals surface area contributed by atoms with Gasteiger partial charge in [0.2, 0.25) is 0 Å². The van der Waals surface area contributed by atoms with Crippen LogP contribution < -0.4 is 4.90 Å². The van der Waals surface area contributed by atoms with Crippen LogP contribution in [0.1, 0.15) is 11.1 Å². The van der Waals surface area contributed by atoms with Gasteiger partial charge in [0.15, 0.2) is 9.84 Å². The molecule has 122 valence electrons. The SMILES string of the molecule is Cc1cccc(N2CCN([C@@H]3CS(=O)(=O)C[C@@H]3O)CC2)c1C. The monoisotopic (exact) mass is 324 g/mol. The van der Waals surface area contributed by atoms with Crippen molar-refractivity contribution in [1.29, 1.82) is 0 Å². The highest BCUT2D eigenvalue weighted by atomic mass is 32.2. The number of piperazine rings is 1. The molecule has 0 spiro atoms. The highest BCUT2D eigenvalue weighted by Crippen LogP contribution is 2.26. The summed E-state index contributed by atoms with van der Waals surface area (Å²) < 4.78 is 23.3. The van der Waals surface area contributed by atoms with Crippen molar-refractivity contribution in [1.82, 2.24) is 4.90 Å². The zero-order valence-corrected chi connectivity index (χ0v) is 14.0. The first-order valence-electron chi connectivity index (χ1n) is 7.81. The number of hydrogen-bond donors (Lipinski definition) is 1. The van der Waals surface area contributed by atoms with Crippen LogP contribution in [0.5, 0.6) is 0 Å². The number of hydrogen-bond acceptors (Lipinski definition) is 5. The number of rotatable bonds is 2. The molecule has 1 N–H and O–H groups in total. The van der Waals surface area contributed by atoms with Crippen LogP contribution in [0, 0.1) is 13.8 Å². The summed E-state index contributed by atoms with van der Waals surface area (Å²) in [5, 5.41) is 10.0. The van der Waals surface area contributed by atoms with E-state index in [9.17, 15) is 13.5 Å². The van der Waals surface area contributed by atoms with E-state index >= 15 is 0 Å². The van der Waals surface area contributed by atoms with E-state index in [1.807, 2.05) is 0 Å². The Kier molecular flexibility index (Phi) is 4.18. The minimum absolute atomic E-state index is 0.0884. The second-order valence-electron chi connectivity index (χ2n) is 6.45. The predicted octanol–water partition coefficient (Wildman–Crippen LogP) is 0.583. The van der Waals surface area contributed by atoms with Crippen molar-refractivity contribution in [3.05, 3.63) is 29.3 Å². The summed E-state index contributed by atoms with van der Waals surface area (Å²) in [6.45, 7) is 7.59. The van der Waals surface area contributed by atoms with Crippen molar-refractivity contribution in [2.75, 3.05) is 42.6 Å². The number of nitrogens with zero attached hydrogens (tertiary/aromatic N) is 2. The summed E-state index contributed by atoms with van der Waals surface area (Å²) in [4.78, 5) is 4.49. The van der Waals surface area contributed by atoms with Gasteiger partial charge in [-0.25, -0.2) is 8.42 Å². The van der Waals surface area contributed by atoms with Gasteiger partial charge in [-0.1, -0.05) is 12.1 Å². The van der Waals surface area contributed by atoms with Gasteiger partial charge in [-0.05, 0) is 31.0 Å². The molecule has 0 radical (unpaired) electrons. The average molecular weight is 324 g/mol. The van der Waals surface area contributed by atoms with Gasteiger partial charge in [0.25, 0.3) is 0 Å². The first kappa shape index (κ1) is 15.8. The van der Waals surface area contributed by atoms with E-state index in [1.54, 1.807) is 0 Å². The van der Waals surface area contributed by atoms with Gasteiger partial charge in [-0.2, -0.15) is 0 Å². The molecule has 1 aromatic carbocycles. The molecule has 0 amide bonds. The van der Waals surface area contributed by atoms with Crippen LogP contribution in [-0.4, -0.2) is 68.3 Å². The van der Waals surface area contributed by atoms with Crippen LogP contribution in [0.15, 0.2) is 18.2 Å². The van der Waals surface area contributed by atoms with Crippen LogP contribution in [0.3, 0.4) is 0 Å². The predicted molar refractivity (Wildman–Crippen MR) is 88.2 cm³/mol. The molecule has 6 heteroatoms. The van der Waals surface area contributed by atoms with Crippen molar-refractivity contribution in [2.45, 2.75) is 26.0 Å². The van der Waals surface area contributed by atoms with Crippen LogP contribution in [0.4, 0.5) is 5.69 Å². The van der Waals surface area contributed by atoms with Gasteiger partial charge < -0.3 is 10.0 Å². The van der Waals surface area contributed by atoms with E-state index in [0.29, 0.717) is 0 Å². The standard InChI is InChI=1S/C16H24N2O3S/c1-12-4-3-5-14(13(12)2)17-6-8-18(9-7-17)15-10-22(20,21)11-16(15)19/h3-5,15-16,19H,6-11H2,1-2H3/t15-,16+/m1/s1. The molecule has 2 aliphatic rings. The Balaban J connectivity index is 1.67. The summed E-state index contributed by atoms with van der Waals surface area (Å²) in [7, 11) is -3.08. The second kappa shape index (κ2) is 5.83. The molecule has 0 saturated carbocycles. The van der Waals surface area contributed by atoms with E-state index < -0.39 is 15.9 Å². The Bertz CT molecular complexity index is 651. The van der Waals surface area contributed by atoms with E-state index in [2.05, 4.69) is 41.8 Å². The van der Waals surface area contributed by atoms with Gasteiger partial charge in [0.05, 0.1) is 23.7 Å². The Morgan fingerprint density at radius 1 is 1.09 bits per heavy atom. The number of aryl methyl sites for hydroxylation is 1. The molecular formula is C16H24N2O3S. The molecule has 2 atom stereocenters.